The summed E-state index contributed by atoms with van der Waals surface area (Å²) < 4.78 is 5.18. The van der Waals surface area contributed by atoms with Gasteiger partial charge in [-0.1, -0.05) is 30.3 Å². The summed E-state index contributed by atoms with van der Waals surface area (Å²) >= 11 is 0. The molecular weight excluding hydrogens is 230 g/mol. The largest absolute Gasteiger partial charge is 0.479 e. The molecule has 0 aromatic heterocycles. The van der Waals surface area contributed by atoms with Gasteiger partial charge in [-0.05, 0) is 26.0 Å². The molecule has 0 aliphatic rings. The summed E-state index contributed by atoms with van der Waals surface area (Å²) in [5, 5.41) is 8.96. The standard InChI is InChI=1S/C14H21NO3/c1-3-18-13(14(16)17)9-10-15(2)11-12-7-5-4-6-8-12/h4-8,13H,3,9-11H2,1-2H3,(H,16,17). The molecule has 0 saturated carbocycles. The smallest absolute Gasteiger partial charge is 0.332 e. The zero-order valence-corrected chi connectivity index (χ0v) is 11.0. The molecule has 1 rings (SSSR count). The summed E-state index contributed by atoms with van der Waals surface area (Å²) in [7, 11) is 1.98. The van der Waals surface area contributed by atoms with E-state index in [9.17, 15) is 4.79 Å². The minimum Gasteiger partial charge on any atom is -0.479 e. The van der Waals surface area contributed by atoms with Crippen LogP contribution in [0.25, 0.3) is 0 Å². The molecule has 0 bridgehead atoms. The third-order valence-corrected chi connectivity index (χ3v) is 2.71. The van der Waals surface area contributed by atoms with Crippen LogP contribution in [0, 0.1) is 0 Å². The van der Waals surface area contributed by atoms with Gasteiger partial charge in [0.2, 0.25) is 0 Å². The monoisotopic (exact) mass is 251 g/mol. The third kappa shape index (κ3) is 5.29. The average Bonchev–Trinajstić information content (AvgIpc) is 2.35. The Morgan fingerprint density at radius 3 is 2.61 bits per heavy atom. The molecule has 0 heterocycles. The first-order valence-corrected chi connectivity index (χ1v) is 6.20. The van der Waals surface area contributed by atoms with Crippen LogP contribution in [-0.4, -0.2) is 42.3 Å². The van der Waals surface area contributed by atoms with Crippen molar-refractivity contribution in [3.05, 3.63) is 35.9 Å². The number of ether oxygens (including phenoxy) is 1. The number of carbonyl (C=O) groups is 1. The Morgan fingerprint density at radius 1 is 1.39 bits per heavy atom. The van der Waals surface area contributed by atoms with Gasteiger partial charge in [-0.25, -0.2) is 4.79 Å². The minimum atomic E-state index is -0.884. The first-order chi connectivity index (χ1) is 8.63. The zero-order chi connectivity index (χ0) is 13.4. The topological polar surface area (TPSA) is 49.8 Å². The van der Waals surface area contributed by atoms with Crippen LogP contribution in [0.3, 0.4) is 0 Å². The van der Waals surface area contributed by atoms with Gasteiger partial charge in [0.05, 0.1) is 0 Å². The number of benzene rings is 1. The summed E-state index contributed by atoms with van der Waals surface area (Å²) in [5.41, 5.74) is 1.23. The number of aliphatic carboxylic acids is 1. The fraction of sp³-hybridized carbons (Fsp3) is 0.500. The van der Waals surface area contributed by atoms with Crippen molar-refractivity contribution in [2.45, 2.75) is 26.0 Å². The van der Waals surface area contributed by atoms with E-state index in [1.54, 1.807) is 0 Å². The predicted molar refractivity (Wildman–Crippen MR) is 70.4 cm³/mol. The lowest BCUT2D eigenvalue weighted by molar-refractivity contribution is -0.150. The Labute approximate surface area is 108 Å². The molecule has 4 nitrogen and oxygen atoms in total. The van der Waals surface area contributed by atoms with Crippen LogP contribution in [0.2, 0.25) is 0 Å². The molecule has 4 heteroatoms. The zero-order valence-electron chi connectivity index (χ0n) is 11.0. The number of carboxylic acid groups (broad SMARTS) is 1. The molecule has 1 unspecified atom stereocenters. The highest BCUT2D eigenvalue weighted by Gasteiger charge is 2.17. The van der Waals surface area contributed by atoms with Gasteiger partial charge in [0.25, 0.3) is 0 Å². The Morgan fingerprint density at radius 2 is 2.06 bits per heavy atom. The maximum Gasteiger partial charge on any atom is 0.332 e. The summed E-state index contributed by atoms with van der Waals surface area (Å²) in [6, 6.07) is 10.1. The molecule has 0 spiro atoms. The second-order valence-corrected chi connectivity index (χ2v) is 4.29. The van der Waals surface area contributed by atoms with Crippen LogP contribution in [0.15, 0.2) is 30.3 Å². The van der Waals surface area contributed by atoms with E-state index in [-0.39, 0.29) is 0 Å². The molecule has 18 heavy (non-hydrogen) atoms. The van der Waals surface area contributed by atoms with Crippen molar-refractivity contribution in [1.82, 2.24) is 4.90 Å². The van der Waals surface area contributed by atoms with Crippen LogP contribution in [0.1, 0.15) is 18.9 Å². The van der Waals surface area contributed by atoms with E-state index in [4.69, 9.17) is 9.84 Å². The molecule has 0 radical (unpaired) electrons. The molecule has 0 aliphatic heterocycles. The van der Waals surface area contributed by atoms with Crippen LogP contribution in [0.5, 0.6) is 0 Å². The quantitative estimate of drug-likeness (QED) is 0.767. The Balaban J connectivity index is 2.36. The molecule has 1 N–H and O–H groups in total. The van der Waals surface area contributed by atoms with Crippen LogP contribution < -0.4 is 0 Å². The first-order valence-electron chi connectivity index (χ1n) is 6.20. The van der Waals surface area contributed by atoms with Crippen molar-refractivity contribution in [2.75, 3.05) is 20.2 Å². The van der Waals surface area contributed by atoms with Crippen molar-refractivity contribution in [2.24, 2.45) is 0 Å². The maximum atomic E-state index is 10.9. The van der Waals surface area contributed by atoms with Gasteiger partial charge in [0.1, 0.15) is 0 Å². The highest BCUT2D eigenvalue weighted by molar-refractivity contribution is 5.72. The highest BCUT2D eigenvalue weighted by Crippen LogP contribution is 2.05. The third-order valence-electron chi connectivity index (χ3n) is 2.71. The number of hydrogen-bond acceptors (Lipinski definition) is 3. The molecule has 1 aromatic carbocycles. The van der Waals surface area contributed by atoms with Crippen molar-refractivity contribution in [1.29, 1.82) is 0 Å². The van der Waals surface area contributed by atoms with Gasteiger partial charge in [0, 0.05) is 19.7 Å². The van der Waals surface area contributed by atoms with Gasteiger partial charge in [0.15, 0.2) is 6.10 Å². The van der Waals surface area contributed by atoms with Crippen molar-refractivity contribution < 1.29 is 14.6 Å². The second kappa shape index (κ2) is 7.84. The minimum absolute atomic E-state index is 0.430. The van der Waals surface area contributed by atoms with Gasteiger partial charge in [-0.2, -0.15) is 0 Å². The van der Waals surface area contributed by atoms with Gasteiger partial charge >= 0.3 is 5.97 Å². The van der Waals surface area contributed by atoms with Crippen LogP contribution in [-0.2, 0) is 16.1 Å². The fourth-order valence-electron chi connectivity index (χ4n) is 1.79. The second-order valence-electron chi connectivity index (χ2n) is 4.29. The van der Waals surface area contributed by atoms with Gasteiger partial charge in [-0.3, -0.25) is 0 Å². The summed E-state index contributed by atoms with van der Waals surface area (Å²) in [6.07, 6.45) is -0.194. The highest BCUT2D eigenvalue weighted by atomic mass is 16.5. The van der Waals surface area contributed by atoms with Gasteiger partial charge < -0.3 is 14.7 Å². The molecular formula is C14H21NO3. The van der Waals surface area contributed by atoms with Crippen molar-refractivity contribution >= 4 is 5.97 Å². The molecule has 0 aliphatic carbocycles. The lowest BCUT2D eigenvalue weighted by Crippen LogP contribution is -2.29. The van der Waals surface area contributed by atoms with E-state index in [2.05, 4.69) is 17.0 Å². The van der Waals surface area contributed by atoms with Crippen LogP contribution >= 0.6 is 0 Å². The summed E-state index contributed by atoms with van der Waals surface area (Å²) in [5.74, 6) is -0.884. The number of hydrogen-bond donors (Lipinski definition) is 1. The van der Waals surface area contributed by atoms with E-state index in [1.807, 2.05) is 32.2 Å². The molecule has 0 saturated heterocycles. The van der Waals surface area contributed by atoms with Crippen molar-refractivity contribution in [3.63, 3.8) is 0 Å². The normalized spacial score (nSPS) is 12.6. The molecule has 1 aromatic rings. The number of nitrogens with zero attached hydrogens (tertiary/aromatic N) is 1. The average molecular weight is 251 g/mol. The molecule has 100 valence electrons. The molecule has 1 atom stereocenters. The Bertz CT molecular complexity index is 353. The van der Waals surface area contributed by atoms with E-state index in [1.165, 1.54) is 5.56 Å². The fourth-order valence-corrected chi connectivity index (χ4v) is 1.79. The Kier molecular flexibility index (Phi) is 6.39. The molecule has 0 fully saturated rings. The first kappa shape index (κ1) is 14.7. The lowest BCUT2D eigenvalue weighted by Gasteiger charge is -2.19. The SMILES string of the molecule is CCOC(CCN(C)Cc1ccccc1)C(=O)O. The van der Waals surface area contributed by atoms with E-state index < -0.39 is 12.1 Å². The number of rotatable bonds is 8. The van der Waals surface area contributed by atoms with E-state index in [0.29, 0.717) is 19.6 Å². The molecule has 0 amide bonds. The predicted octanol–water partition coefficient (Wildman–Crippen LogP) is 2.00. The van der Waals surface area contributed by atoms with Crippen molar-refractivity contribution in [3.8, 4) is 0 Å². The summed E-state index contributed by atoms with van der Waals surface area (Å²) in [6.45, 7) is 3.76. The number of carboxylic acids is 1. The van der Waals surface area contributed by atoms with Crippen LogP contribution in [0.4, 0.5) is 0 Å². The Hall–Kier alpha value is -1.39. The lowest BCUT2D eigenvalue weighted by atomic mass is 10.2. The summed E-state index contributed by atoms with van der Waals surface area (Å²) in [4.78, 5) is 13.0. The van der Waals surface area contributed by atoms with E-state index >= 15 is 0 Å². The maximum absolute atomic E-state index is 10.9. The van der Waals surface area contributed by atoms with E-state index in [0.717, 1.165) is 6.54 Å². The van der Waals surface area contributed by atoms with Gasteiger partial charge in [-0.15, -0.1) is 0 Å².